The molecule has 0 amide bonds. The lowest BCUT2D eigenvalue weighted by Gasteiger charge is -2.03. The van der Waals surface area contributed by atoms with Gasteiger partial charge >= 0.3 is 5.97 Å². The number of carbonyl (C=O) groups is 1. The molecule has 0 atom stereocenters. The maximum atomic E-state index is 11.0. The van der Waals surface area contributed by atoms with Gasteiger partial charge in [0, 0.05) is 23.9 Å². The molecule has 0 aliphatic rings. The van der Waals surface area contributed by atoms with Gasteiger partial charge in [-0.15, -0.1) is 0 Å². The zero-order valence-corrected chi connectivity index (χ0v) is 11.4. The van der Waals surface area contributed by atoms with E-state index in [1.165, 1.54) is 6.07 Å². The maximum absolute atomic E-state index is 11.0. The number of nitrogens with two attached hydrogens (primary N) is 1. The van der Waals surface area contributed by atoms with Gasteiger partial charge in [0.15, 0.2) is 5.58 Å². The first-order chi connectivity index (χ1) is 10.9. The maximum Gasteiger partial charge on any atom is 0.342 e. The summed E-state index contributed by atoms with van der Waals surface area (Å²) in [7, 11) is 0. The van der Waals surface area contributed by atoms with Gasteiger partial charge in [-0.1, -0.05) is 0 Å². The minimum absolute atomic E-state index is 0.0804. The number of nitro benzene ring substituents is 1. The van der Waals surface area contributed by atoms with Crippen LogP contribution in [0.3, 0.4) is 0 Å². The lowest BCUT2D eigenvalue weighted by Crippen LogP contribution is -2.03. The second-order valence-electron chi connectivity index (χ2n) is 4.69. The Balaban J connectivity index is 2.23. The molecule has 4 N–H and O–H groups in total. The van der Waals surface area contributed by atoms with E-state index in [2.05, 4.69) is 4.98 Å². The lowest BCUT2D eigenvalue weighted by atomic mass is 10.1. The van der Waals surface area contributed by atoms with E-state index in [1.807, 2.05) is 0 Å². The molecule has 3 aromatic rings. The Bertz CT molecular complexity index is 963. The van der Waals surface area contributed by atoms with Gasteiger partial charge in [0.2, 0.25) is 5.89 Å². The molecule has 0 saturated heterocycles. The number of carboxylic acids is 1. The van der Waals surface area contributed by atoms with Gasteiger partial charge in [-0.25, -0.2) is 9.78 Å². The summed E-state index contributed by atoms with van der Waals surface area (Å²) in [6.45, 7) is 0. The molecule has 0 aliphatic carbocycles. The van der Waals surface area contributed by atoms with E-state index in [0.717, 1.165) is 12.1 Å². The second kappa shape index (κ2) is 4.98. The number of hydrogen-bond donors (Lipinski definition) is 3. The summed E-state index contributed by atoms with van der Waals surface area (Å²) >= 11 is 0. The Morgan fingerprint density at radius 1 is 1.30 bits per heavy atom. The number of carboxylic acid groups (broad SMARTS) is 1. The monoisotopic (exact) mass is 315 g/mol. The number of aromatic carboxylic acids is 1. The SMILES string of the molecule is Nc1ccc2nc(-c3cc([N+](=O)[O-])c(C(=O)O)cc3O)oc2c1. The molecular weight excluding hydrogens is 306 g/mol. The van der Waals surface area contributed by atoms with Crippen LogP contribution >= 0.6 is 0 Å². The molecule has 0 aliphatic heterocycles. The number of phenolic OH excluding ortho intramolecular Hbond substituents is 1. The van der Waals surface area contributed by atoms with Crippen LogP contribution in [-0.2, 0) is 0 Å². The molecule has 9 heteroatoms. The zero-order valence-electron chi connectivity index (χ0n) is 11.4. The molecule has 0 bridgehead atoms. The van der Waals surface area contributed by atoms with Crippen LogP contribution in [0.5, 0.6) is 5.75 Å². The minimum atomic E-state index is -1.52. The number of phenols is 1. The van der Waals surface area contributed by atoms with Gasteiger partial charge < -0.3 is 20.4 Å². The normalized spacial score (nSPS) is 10.8. The number of nitrogen functional groups attached to an aromatic ring is 1. The molecule has 1 heterocycles. The van der Waals surface area contributed by atoms with Gasteiger partial charge in [0.1, 0.15) is 16.8 Å². The number of benzene rings is 2. The quantitative estimate of drug-likeness (QED) is 0.378. The Labute approximate surface area is 127 Å². The number of nitro groups is 1. The van der Waals surface area contributed by atoms with E-state index in [0.29, 0.717) is 16.8 Å². The second-order valence-corrected chi connectivity index (χ2v) is 4.69. The van der Waals surface area contributed by atoms with Crippen LogP contribution < -0.4 is 5.73 Å². The average Bonchev–Trinajstić information content (AvgIpc) is 2.89. The smallest absolute Gasteiger partial charge is 0.342 e. The highest BCUT2D eigenvalue weighted by Crippen LogP contribution is 2.36. The Morgan fingerprint density at radius 3 is 2.70 bits per heavy atom. The van der Waals surface area contributed by atoms with Crippen molar-refractivity contribution < 1.29 is 24.3 Å². The van der Waals surface area contributed by atoms with E-state index in [1.54, 1.807) is 12.1 Å². The van der Waals surface area contributed by atoms with Gasteiger partial charge in [-0.3, -0.25) is 10.1 Å². The number of fused-ring (bicyclic) bond motifs is 1. The van der Waals surface area contributed by atoms with Crippen LogP contribution in [0.25, 0.3) is 22.6 Å². The molecule has 2 aromatic carbocycles. The predicted molar refractivity (Wildman–Crippen MR) is 79.1 cm³/mol. The molecule has 3 rings (SSSR count). The summed E-state index contributed by atoms with van der Waals surface area (Å²) < 4.78 is 5.43. The highest BCUT2D eigenvalue weighted by molar-refractivity contribution is 5.94. The highest BCUT2D eigenvalue weighted by Gasteiger charge is 2.25. The fourth-order valence-corrected chi connectivity index (χ4v) is 2.13. The van der Waals surface area contributed by atoms with Crippen molar-refractivity contribution in [3.63, 3.8) is 0 Å². The van der Waals surface area contributed by atoms with Crippen molar-refractivity contribution in [1.29, 1.82) is 0 Å². The zero-order chi connectivity index (χ0) is 16.7. The average molecular weight is 315 g/mol. The van der Waals surface area contributed by atoms with Crippen molar-refractivity contribution in [2.75, 3.05) is 5.73 Å². The van der Waals surface area contributed by atoms with Crippen molar-refractivity contribution >= 4 is 28.4 Å². The van der Waals surface area contributed by atoms with Gasteiger partial charge in [-0.05, 0) is 12.1 Å². The minimum Gasteiger partial charge on any atom is -0.507 e. The molecule has 0 spiro atoms. The van der Waals surface area contributed by atoms with Crippen molar-refractivity contribution in [2.45, 2.75) is 0 Å². The van der Waals surface area contributed by atoms with E-state index < -0.39 is 27.9 Å². The third-order valence-electron chi connectivity index (χ3n) is 3.18. The van der Waals surface area contributed by atoms with Gasteiger partial charge in [0.05, 0.1) is 10.5 Å². The van der Waals surface area contributed by atoms with E-state index >= 15 is 0 Å². The molecule has 116 valence electrons. The molecule has 23 heavy (non-hydrogen) atoms. The molecule has 0 unspecified atom stereocenters. The number of nitrogens with zero attached hydrogens (tertiary/aromatic N) is 2. The first kappa shape index (κ1) is 14.3. The summed E-state index contributed by atoms with van der Waals surface area (Å²) in [5.41, 5.74) is 5.46. The van der Waals surface area contributed by atoms with Crippen LogP contribution in [0.15, 0.2) is 34.7 Å². The standard InChI is InChI=1S/C14H9N3O6/c15-6-1-2-9-12(3-6)23-13(16-9)8-4-10(17(21)22)7(14(19)20)5-11(8)18/h1-5,18H,15H2,(H,19,20). The fourth-order valence-electron chi connectivity index (χ4n) is 2.13. The van der Waals surface area contributed by atoms with Gasteiger partial charge in [0.25, 0.3) is 5.69 Å². The van der Waals surface area contributed by atoms with E-state index in [-0.39, 0.29) is 11.5 Å². The summed E-state index contributed by atoms with van der Waals surface area (Å²) in [4.78, 5) is 25.3. The summed E-state index contributed by atoms with van der Waals surface area (Å²) in [5, 5.41) is 30.0. The highest BCUT2D eigenvalue weighted by atomic mass is 16.6. The largest absolute Gasteiger partial charge is 0.507 e. The number of anilines is 1. The van der Waals surface area contributed by atoms with Crippen molar-refractivity contribution in [3.8, 4) is 17.2 Å². The van der Waals surface area contributed by atoms with Crippen molar-refractivity contribution in [1.82, 2.24) is 4.98 Å². The number of hydrogen-bond acceptors (Lipinski definition) is 7. The van der Waals surface area contributed by atoms with Gasteiger partial charge in [-0.2, -0.15) is 0 Å². The number of rotatable bonds is 3. The van der Waals surface area contributed by atoms with Crippen molar-refractivity contribution in [2.24, 2.45) is 0 Å². The number of oxazole rings is 1. The van der Waals surface area contributed by atoms with Crippen LogP contribution in [0, 0.1) is 10.1 Å². The van der Waals surface area contributed by atoms with Crippen LogP contribution in [0.2, 0.25) is 0 Å². The van der Waals surface area contributed by atoms with Crippen LogP contribution in [0.1, 0.15) is 10.4 Å². The first-order valence-corrected chi connectivity index (χ1v) is 6.28. The molecule has 0 fully saturated rings. The fraction of sp³-hybridized carbons (Fsp3) is 0. The lowest BCUT2D eigenvalue weighted by molar-refractivity contribution is -0.385. The van der Waals surface area contributed by atoms with E-state index in [4.69, 9.17) is 15.3 Å². The third kappa shape index (κ3) is 2.39. The topological polar surface area (TPSA) is 153 Å². The predicted octanol–water partition coefficient (Wildman–Crippen LogP) is 2.39. The Kier molecular flexibility index (Phi) is 3.10. The summed E-state index contributed by atoms with van der Waals surface area (Å²) in [5.74, 6) is -2.10. The molecule has 1 aromatic heterocycles. The molecule has 9 nitrogen and oxygen atoms in total. The third-order valence-corrected chi connectivity index (χ3v) is 3.18. The Morgan fingerprint density at radius 2 is 2.04 bits per heavy atom. The first-order valence-electron chi connectivity index (χ1n) is 6.28. The Hall–Kier alpha value is -3.62. The number of aromatic hydroxyl groups is 1. The van der Waals surface area contributed by atoms with Crippen LogP contribution in [-0.4, -0.2) is 26.1 Å². The van der Waals surface area contributed by atoms with Crippen molar-refractivity contribution in [3.05, 3.63) is 46.0 Å². The molecule has 0 radical (unpaired) electrons. The molecular formula is C14H9N3O6. The van der Waals surface area contributed by atoms with E-state index in [9.17, 15) is 20.0 Å². The van der Waals surface area contributed by atoms with Crippen LogP contribution in [0.4, 0.5) is 11.4 Å². The molecule has 0 saturated carbocycles. The number of aromatic nitrogens is 1. The summed E-state index contributed by atoms with van der Waals surface area (Å²) in [6.07, 6.45) is 0. The summed E-state index contributed by atoms with van der Waals surface area (Å²) in [6, 6.07) is 6.41.